The molecule has 1 heterocycles. The Morgan fingerprint density at radius 1 is 1.17 bits per heavy atom. The van der Waals surface area contributed by atoms with Crippen LogP contribution < -0.4 is 10.6 Å². The lowest BCUT2D eigenvalue weighted by Gasteiger charge is -2.27. The Morgan fingerprint density at radius 2 is 1.90 bits per heavy atom. The number of aromatic nitrogens is 3. The molecule has 1 aromatic heterocycles. The third-order valence-electron chi connectivity index (χ3n) is 4.65. The van der Waals surface area contributed by atoms with Gasteiger partial charge in [0.05, 0.1) is 6.54 Å². The number of guanidine groups is 1. The van der Waals surface area contributed by atoms with Crippen molar-refractivity contribution in [1.82, 2.24) is 25.4 Å². The van der Waals surface area contributed by atoms with Crippen molar-refractivity contribution in [1.29, 1.82) is 0 Å². The van der Waals surface area contributed by atoms with Gasteiger partial charge in [-0.05, 0) is 29.8 Å². The molecule has 6 nitrogen and oxygen atoms in total. The van der Waals surface area contributed by atoms with Crippen LogP contribution in [-0.4, -0.2) is 34.3 Å². The van der Waals surface area contributed by atoms with Crippen molar-refractivity contribution in [2.75, 3.05) is 13.6 Å². The molecule has 2 N–H and O–H groups in total. The van der Waals surface area contributed by atoms with Gasteiger partial charge in [0.1, 0.15) is 12.1 Å². The number of rotatable bonds is 6. The van der Waals surface area contributed by atoms with Crippen LogP contribution in [-0.2, 0) is 12.0 Å². The summed E-state index contributed by atoms with van der Waals surface area (Å²) >= 11 is 6.24. The lowest BCUT2D eigenvalue weighted by Crippen LogP contribution is -2.43. The van der Waals surface area contributed by atoms with Crippen molar-refractivity contribution < 1.29 is 4.39 Å². The molecule has 0 aliphatic rings. The zero-order valence-electron chi connectivity index (χ0n) is 17.1. The van der Waals surface area contributed by atoms with E-state index in [1.165, 1.54) is 12.1 Å². The molecule has 30 heavy (non-hydrogen) atoms. The predicted octanol–water partition coefficient (Wildman–Crippen LogP) is 4.32. The number of hydrogen-bond acceptors (Lipinski definition) is 3. The monoisotopic (exact) mass is 542 g/mol. The standard InChI is InChI=1S/C21H24ClFN6.HI/c1-21(2,17-10-9-15(23)11-18(17)22)13-26-20(24-3)25-12-19-28-27-14-29(19)16-7-5-4-6-8-16;/h4-11,14H,12-13H2,1-3H3,(H2,24,25,26);1H. The molecule has 0 radical (unpaired) electrons. The van der Waals surface area contributed by atoms with E-state index in [-0.39, 0.29) is 35.2 Å². The van der Waals surface area contributed by atoms with Gasteiger partial charge >= 0.3 is 0 Å². The lowest BCUT2D eigenvalue weighted by atomic mass is 9.84. The minimum Gasteiger partial charge on any atom is -0.356 e. The van der Waals surface area contributed by atoms with Gasteiger partial charge in [-0.25, -0.2) is 4.39 Å². The molecule has 0 bridgehead atoms. The van der Waals surface area contributed by atoms with Crippen LogP contribution in [0.25, 0.3) is 5.69 Å². The highest BCUT2D eigenvalue weighted by atomic mass is 127. The second kappa shape index (κ2) is 10.7. The summed E-state index contributed by atoms with van der Waals surface area (Å²) < 4.78 is 15.3. The highest BCUT2D eigenvalue weighted by molar-refractivity contribution is 14.0. The molecule has 0 aliphatic heterocycles. The van der Waals surface area contributed by atoms with Crippen molar-refractivity contribution in [3.8, 4) is 5.69 Å². The molecule has 0 unspecified atom stereocenters. The van der Waals surface area contributed by atoms with Crippen molar-refractivity contribution in [3.63, 3.8) is 0 Å². The van der Waals surface area contributed by atoms with Crippen molar-refractivity contribution in [2.24, 2.45) is 4.99 Å². The van der Waals surface area contributed by atoms with E-state index < -0.39 is 0 Å². The molecular weight excluding hydrogens is 518 g/mol. The average molecular weight is 543 g/mol. The number of benzene rings is 2. The van der Waals surface area contributed by atoms with Gasteiger partial charge in [-0.2, -0.15) is 0 Å². The maximum Gasteiger partial charge on any atom is 0.191 e. The molecular formula is C21H25ClFIN6. The smallest absolute Gasteiger partial charge is 0.191 e. The second-order valence-electron chi connectivity index (χ2n) is 7.24. The Kier molecular flexibility index (Phi) is 8.60. The Hall–Kier alpha value is -2.20. The molecule has 0 fully saturated rings. The fourth-order valence-electron chi connectivity index (χ4n) is 3.01. The van der Waals surface area contributed by atoms with Crippen LogP contribution in [0.15, 0.2) is 59.9 Å². The summed E-state index contributed by atoms with van der Waals surface area (Å²) in [6.45, 7) is 5.09. The summed E-state index contributed by atoms with van der Waals surface area (Å²) in [7, 11) is 1.70. The largest absolute Gasteiger partial charge is 0.356 e. The van der Waals surface area contributed by atoms with Gasteiger partial charge in [0.25, 0.3) is 0 Å². The van der Waals surface area contributed by atoms with E-state index >= 15 is 0 Å². The number of para-hydroxylation sites is 1. The van der Waals surface area contributed by atoms with Gasteiger partial charge in [-0.1, -0.05) is 49.7 Å². The van der Waals surface area contributed by atoms with Gasteiger partial charge in [-0.15, -0.1) is 34.2 Å². The van der Waals surface area contributed by atoms with Crippen molar-refractivity contribution in [3.05, 3.63) is 77.1 Å². The van der Waals surface area contributed by atoms with Gasteiger partial charge in [0.15, 0.2) is 11.8 Å². The van der Waals surface area contributed by atoms with Gasteiger partial charge in [0.2, 0.25) is 0 Å². The molecule has 9 heteroatoms. The summed E-state index contributed by atoms with van der Waals surface area (Å²) in [5.41, 5.74) is 1.53. The third-order valence-corrected chi connectivity index (χ3v) is 4.96. The van der Waals surface area contributed by atoms with Gasteiger partial charge in [-0.3, -0.25) is 9.56 Å². The number of nitrogens with one attached hydrogen (secondary N) is 2. The zero-order chi connectivity index (χ0) is 20.9. The summed E-state index contributed by atoms with van der Waals surface area (Å²) in [5.74, 6) is 1.04. The fourth-order valence-corrected chi connectivity index (χ4v) is 3.43. The molecule has 0 aliphatic carbocycles. The van der Waals surface area contributed by atoms with Crippen LogP contribution >= 0.6 is 35.6 Å². The Bertz CT molecular complexity index is 990. The van der Waals surface area contributed by atoms with Crippen LogP contribution in [0.2, 0.25) is 5.02 Å². The Balaban J connectivity index is 0.00000320. The van der Waals surface area contributed by atoms with E-state index in [9.17, 15) is 4.39 Å². The summed E-state index contributed by atoms with van der Waals surface area (Å²) in [5, 5.41) is 15.2. The lowest BCUT2D eigenvalue weighted by molar-refractivity contribution is 0.506. The zero-order valence-corrected chi connectivity index (χ0v) is 20.1. The average Bonchev–Trinajstić information content (AvgIpc) is 3.17. The van der Waals surface area contributed by atoms with Crippen LogP contribution in [0.3, 0.4) is 0 Å². The van der Waals surface area contributed by atoms with Gasteiger partial charge < -0.3 is 10.6 Å². The first-order valence-corrected chi connectivity index (χ1v) is 9.63. The Morgan fingerprint density at radius 3 is 2.57 bits per heavy atom. The molecule has 160 valence electrons. The van der Waals surface area contributed by atoms with E-state index in [4.69, 9.17) is 11.6 Å². The first-order valence-electron chi connectivity index (χ1n) is 9.25. The first kappa shape index (κ1) is 24.1. The molecule has 0 atom stereocenters. The predicted molar refractivity (Wildman–Crippen MR) is 129 cm³/mol. The minimum absolute atomic E-state index is 0. The first-order chi connectivity index (χ1) is 13.9. The minimum atomic E-state index is -0.345. The molecule has 3 aromatic rings. The van der Waals surface area contributed by atoms with E-state index in [0.717, 1.165) is 17.1 Å². The van der Waals surface area contributed by atoms with E-state index in [2.05, 4.69) is 25.8 Å². The number of hydrogen-bond donors (Lipinski definition) is 2. The molecule has 0 saturated heterocycles. The van der Waals surface area contributed by atoms with Crippen LogP contribution in [0.5, 0.6) is 0 Å². The quantitative estimate of drug-likeness (QED) is 0.277. The summed E-state index contributed by atoms with van der Waals surface area (Å²) in [6, 6.07) is 14.4. The maximum atomic E-state index is 13.4. The normalized spacial score (nSPS) is 11.7. The molecule has 0 saturated carbocycles. The molecule has 0 amide bonds. The molecule has 0 spiro atoms. The van der Waals surface area contributed by atoms with Gasteiger partial charge in [0, 0.05) is 29.7 Å². The maximum absolute atomic E-state index is 13.4. The van der Waals surface area contributed by atoms with Crippen LogP contribution in [0.4, 0.5) is 4.39 Å². The van der Waals surface area contributed by atoms with Crippen LogP contribution in [0.1, 0.15) is 25.2 Å². The van der Waals surface area contributed by atoms with Crippen molar-refractivity contribution >= 4 is 41.5 Å². The number of nitrogens with zero attached hydrogens (tertiary/aromatic N) is 4. The van der Waals surface area contributed by atoms with E-state index in [0.29, 0.717) is 24.1 Å². The van der Waals surface area contributed by atoms with Crippen molar-refractivity contribution in [2.45, 2.75) is 25.8 Å². The number of halogens is 3. The topological polar surface area (TPSA) is 67.1 Å². The molecule has 3 rings (SSSR count). The van der Waals surface area contributed by atoms with E-state index in [1.54, 1.807) is 19.4 Å². The number of aliphatic imine (C=N–C) groups is 1. The fraction of sp³-hybridized carbons (Fsp3) is 0.286. The highest BCUT2D eigenvalue weighted by Crippen LogP contribution is 2.29. The highest BCUT2D eigenvalue weighted by Gasteiger charge is 2.24. The second-order valence-corrected chi connectivity index (χ2v) is 7.65. The third kappa shape index (κ3) is 5.91. The SMILES string of the molecule is CN=C(NCc1nncn1-c1ccccc1)NCC(C)(C)c1ccc(F)cc1Cl.I. The van der Waals surface area contributed by atoms with E-state index in [1.807, 2.05) is 48.7 Å². The molecule has 2 aromatic carbocycles. The summed E-state index contributed by atoms with van der Waals surface area (Å²) in [6.07, 6.45) is 1.68. The van der Waals surface area contributed by atoms with Crippen LogP contribution in [0, 0.1) is 5.82 Å². The Labute approximate surface area is 198 Å². The summed E-state index contributed by atoms with van der Waals surface area (Å²) in [4.78, 5) is 4.27.